The van der Waals surface area contributed by atoms with Gasteiger partial charge in [-0.05, 0) is 26.2 Å². The third kappa shape index (κ3) is 13.6. The molecule has 0 aliphatic rings. The Hall–Kier alpha value is -0.570. The Morgan fingerprint density at radius 3 is 1.78 bits per heavy atom. The van der Waals surface area contributed by atoms with Crippen LogP contribution in [0.3, 0.4) is 0 Å². The molecule has 0 aromatic heterocycles. The molecule has 2 N–H and O–H groups in total. The van der Waals surface area contributed by atoms with Gasteiger partial charge in [0, 0.05) is 6.42 Å². The Bertz CT molecular complexity index is 281. The fourth-order valence-corrected chi connectivity index (χ4v) is 2.94. The molecular weight excluding hydrogens is 286 g/mol. The summed E-state index contributed by atoms with van der Waals surface area (Å²) in [5.74, 6) is -0.0412. The highest BCUT2D eigenvalue weighted by Gasteiger charge is 2.24. The van der Waals surface area contributed by atoms with E-state index in [1.54, 1.807) is 0 Å². The van der Waals surface area contributed by atoms with E-state index >= 15 is 0 Å². The maximum atomic E-state index is 11.9. The van der Waals surface area contributed by atoms with Gasteiger partial charge >= 0.3 is 0 Å². The van der Waals surface area contributed by atoms with Crippen LogP contribution in [-0.4, -0.2) is 16.7 Å². The third-order valence-corrected chi connectivity index (χ3v) is 4.46. The molecule has 0 fully saturated rings. The minimum Gasteiger partial charge on any atom is -0.371 e. The van der Waals surface area contributed by atoms with Crippen LogP contribution in [0.15, 0.2) is 0 Å². The molecule has 0 spiro atoms. The Morgan fingerprint density at radius 2 is 1.35 bits per heavy atom. The van der Waals surface area contributed by atoms with Gasteiger partial charge in [-0.2, -0.15) is 0 Å². The zero-order valence-electron chi connectivity index (χ0n) is 15.7. The molecule has 1 unspecified atom stereocenters. The van der Waals surface area contributed by atoms with Gasteiger partial charge < -0.3 is 10.4 Å². The first-order chi connectivity index (χ1) is 11.1. The Kier molecular flexibility index (Phi) is 14.6. The van der Waals surface area contributed by atoms with Gasteiger partial charge in [0.25, 0.3) is 0 Å². The molecule has 0 heterocycles. The van der Waals surface area contributed by atoms with Crippen LogP contribution < -0.4 is 5.32 Å². The van der Waals surface area contributed by atoms with Crippen molar-refractivity contribution < 1.29 is 9.90 Å². The predicted octanol–water partition coefficient (Wildman–Crippen LogP) is 5.52. The van der Waals surface area contributed by atoms with Gasteiger partial charge in [-0.1, -0.05) is 84.5 Å². The van der Waals surface area contributed by atoms with Crippen molar-refractivity contribution in [3.63, 3.8) is 0 Å². The van der Waals surface area contributed by atoms with Crippen LogP contribution in [0.2, 0.25) is 0 Å². The van der Waals surface area contributed by atoms with Gasteiger partial charge in [-0.15, -0.1) is 0 Å². The number of unbranched alkanes of at least 4 members (excludes halogenated alkanes) is 10. The van der Waals surface area contributed by atoms with Gasteiger partial charge in [0.2, 0.25) is 5.91 Å². The standard InChI is InChI=1S/C20H40NO2/c1-4-7-8-9-10-11-12-13-14-15-16-17-19(22)21-20(23,6-3)18-5-2/h23H,3-18H2,1-2H3,(H,21,22). The first-order valence-electron chi connectivity index (χ1n) is 9.90. The fourth-order valence-electron chi connectivity index (χ4n) is 2.94. The van der Waals surface area contributed by atoms with Crippen molar-refractivity contribution in [3.8, 4) is 0 Å². The molecule has 0 aromatic rings. The van der Waals surface area contributed by atoms with Gasteiger partial charge in [-0.3, -0.25) is 4.79 Å². The number of hydrogen-bond acceptors (Lipinski definition) is 2. The normalized spacial score (nSPS) is 13.7. The molecule has 0 aliphatic heterocycles. The van der Waals surface area contributed by atoms with Gasteiger partial charge in [0.05, 0.1) is 0 Å². The van der Waals surface area contributed by atoms with Crippen LogP contribution in [0.25, 0.3) is 0 Å². The topological polar surface area (TPSA) is 49.3 Å². The van der Waals surface area contributed by atoms with Crippen molar-refractivity contribution in [2.75, 3.05) is 0 Å². The Balaban J connectivity index is 3.45. The van der Waals surface area contributed by atoms with E-state index in [2.05, 4.69) is 19.2 Å². The van der Waals surface area contributed by atoms with E-state index in [0.717, 1.165) is 19.3 Å². The Morgan fingerprint density at radius 1 is 0.870 bits per heavy atom. The predicted molar refractivity (Wildman–Crippen MR) is 99.1 cm³/mol. The summed E-state index contributed by atoms with van der Waals surface area (Å²) in [4.78, 5) is 11.9. The molecule has 3 heteroatoms. The molecule has 137 valence electrons. The summed E-state index contributed by atoms with van der Waals surface area (Å²) < 4.78 is 0. The van der Waals surface area contributed by atoms with Crippen molar-refractivity contribution in [2.45, 2.75) is 116 Å². The summed E-state index contributed by atoms with van der Waals surface area (Å²) in [6.07, 6.45) is 16.3. The molecule has 0 saturated carbocycles. The van der Waals surface area contributed by atoms with E-state index in [1.807, 2.05) is 6.92 Å². The second kappa shape index (κ2) is 15.0. The largest absolute Gasteiger partial charge is 0.371 e. The summed E-state index contributed by atoms with van der Waals surface area (Å²) in [5.41, 5.74) is -1.11. The lowest BCUT2D eigenvalue weighted by atomic mass is 10.0. The molecule has 0 saturated heterocycles. The lowest BCUT2D eigenvalue weighted by Crippen LogP contribution is -2.47. The van der Waals surface area contributed by atoms with Crippen LogP contribution in [0, 0.1) is 6.92 Å². The van der Waals surface area contributed by atoms with Crippen molar-refractivity contribution in [1.29, 1.82) is 0 Å². The van der Waals surface area contributed by atoms with Crippen LogP contribution in [-0.2, 0) is 4.79 Å². The number of hydrogen-bond donors (Lipinski definition) is 2. The summed E-state index contributed by atoms with van der Waals surface area (Å²) in [6, 6.07) is 0. The molecule has 23 heavy (non-hydrogen) atoms. The number of amides is 1. The van der Waals surface area contributed by atoms with Crippen LogP contribution >= 0.6 is 0 Å². The van der Waals surface area contributed by atoms with Gasteiger partial charge in [0.15, 0.2) is 0 Å². The molecule has 1 radical (unpaired) electrons. The molecule has 0 aliphatic carbocycles. The molecule has 1 amide bonds. The van der Waals surface area contributed by atoms with Crippen molar-refractivity contribution >= 4 is 5.91 Å². The molecule has 0 rings (SSSR count). The fraction of sp³-hybridized carbons (Fsp3) is 0.900. The highest BCUT2D eigenvalue weighted by Crippen LogP contribution is 2.15. The van der Waals surface area contributed by atoms with E-state index in [1.165, 1.54) is 57.8 Å². The van der Waals surface area contributed by atoms with Gasteiger partial charge in [0.1, 0.15) is 5.72 Å². The smallest absolute Gasteiger partial charge is 0.222 e. The monoisotopic (exact) mass is 326 g/mol. The SMILES string of the molecule is [CH2]CC(O)(CCC)NC(=O)CCCCCCCCCCCCC. The van der Waals surface area contributed by atoms with Crippen LogP contribution in [0.5, 0.6) is 0 Å². The summed E-state index contributed by atoms with van der Waals surface area (Å²) in [6.45, 7) is 7.98. The molecule has 3 nitrogen and oxygen atoms in total. The second-order valence-corrected chi connectivity index (χ2v) is 6.87. The van der Waals surface area contributed by atoms with Crippen molar-refractivity contribution in [2.24, 2.45) is 0 Å². The lowest BCUT2D eigenvalue weighted by Gasteiger charge is -2.27. The minimum atomic E-state index is -1.11. The summed E-state index contributed by atoms with van der Waals surface area (Å²) >= 11 is 0. The zero-order valence-corrected chi connectivity index (χ0v) is 15.7. The number of nitrogens with one attached hydrogen (secondary N) is 1. The first kappa shape index (κ1) is 22.4. The average molecular weight is 327 g/mol. The van der Waals surface area contributed by atoms with E-state index in [-0.39, 0.29) is 5.91 Å². The lowest BCUT2D eigenvalue weighted by molar-refractivity contribution is -0.129. The Labute approximate surface area is 144 Å². The zero-order chi connectivity index (χ0) is 17.4. The van der Waals surface area contributed by atoms with E-state index in [0.29, 0.717) is 19.3 Å². The highest BCUT2D eigenvalue weighted by atomic mass is 16.3. The van der Waals surface area contributed by atoms with Crippen LogP contribution in [0.1, 0.15) is 110 Å². The number of aliphatic hydroxyl groups is 1. The molecule has 0 bridgehead atoms. The summed E-state index contributed by atoms with van der Waals surface area (Å²) in [5, 5.41) is 12.9. The van der Waals surface area contributed by atoms with Crippen molar-refractivity contribution in [3.05, 3.63) is 6.92 Å². The highest BCUT2D eigenvalue weighted by molar-refractivity contribution is 5.76. The maximum absolute atomic E-state index is 11.9. The quantitative estimate of drug-likeness (QED) is 0.290. The molecule has 1 atom stereocenters. The van der Waals surface area contributed by atoms with E-state index in [9.17, 15) is 9.90 Å². The van der Waals surface area contributed by atoms with E-state index in [4.69, 9.17) is 0 Å². The number of carbonyl (C=O) groups excluding carboxylic acids is 1. The first-order valence-corrected chi connectivity index (χ1v) is 9.90. The van der Waals surface area contributed by atoms with E-state index < -0.39 is 5.72 Å². The third-order valence-electron chi connectivity index (χ3n) is 4.46. The summed E-state index contributed by atoms with van der Waals surface area (Å²) in [7, 11) is 0. The van der Waals surface area contributed by atoms with Gasteiger partial charge in [-0.25, -0.2) is 0 Å². The number of carbonyl (C=O) groups is 1. The maximum Gasteiger partial charge on any atom is 0.222 e. The second-order valence-electron chi connectivity index (χ2n) is 6.87. The van der Waals surface area contributed by atoms with Crippen molar-refractivity contribution in [1.82, 2.24) is 5.32 Å². The average Bonchev–Trinajstić information content (AvgIpc) is 2.52. The minimum absolute atomic E-state index is 0.0412. The number of rotatable bonds is 16. The molecular formula is C20H40NO2. The molecule has 0 aromatic carbocycles. The van der Waals surface area contributed by atoms with Crippen LogP contribution in [0.4, 0.5) is 0 Å².